The molecular formula is C33H36N2O4. The van der Waals surface area contributed by atoms with E-state index in [9.17, 15) is 9.90 Å². The summed E-state index contributed by atoms with van der Waals surface area (Å²) < 4.78 is 11.6. The third-order valence-corrected chi connectivity index (χ3v) is 9.17. The first-order valence-electron chi connectivity index (χ1n) is 14.4. The molecule has 202 valence electrons. The van der Waals surface area contributed by atoms with Gasteiger partial charge in [0, 0.05) is 55.2 Å². The van der Waals surface area contributed by atoms with E-state index in [1.807, 2.05) is 41.3 Å². The van der Waals surface area contributed by atoms with Crippen molar-refractivity contribution < 1.29 is 19.4 Å². The van der Waals surface area contributed by atoms with Crippen LogP contribution < -0.4 is 9.47 Å². The van der Waals surface area contributed by atoms with Crippen molar-refractivity contribution in [2.45, 2.75) is 50.6 Å². The maximum absolute atomic E-state index is 13.5. The lowest BCUT2D eigenvalue weighted by Crippen LogP contribution is -2.62. The zero-order valence-electron chi connectivity index (χ0n) is 22.4. The summed E-state index contributed by atoms with van der Waals surface area (Å²) in [4.78, 5) is 18.0. The Balaban J connectivity index is 1.09. The quantitative estimate of drug-likeness (QED) is 0.450. The third kappa shape index (κ3) is 4.65. The lowest BCUT2D eigenvalue weighted by atomic mass is 9.63. The topological polar surface area (TPSA) is 62.2 Å². The standard InChI is InChI=1S/C33H36N2O4/c36-28-5-2-1-4-27(28)21-35-22-33(31(35)25-10-8-24(9-11-25)23-6-7-23)14-16-34(17-15-33)32(37)26-12-13-29-30(20-26)39-19-3-18-38-29/h1-2,4-5,8-13,20,23,31,36H,3,6-7,14-19,21-22H2. The second-order valence-corrected chi connectivity index (χ2v) is 11.7. The molecule has 1 saturated carbocycles. The summed E-state index contributed by atoms with van der Waals surface area (Å²) in [6.45, 7) is 4.44. The van der Waals surface area contributed by atoms with Crippen LogP contribution in [-0.4, -0.2) is 53.7 Å². The van der Waals surface area contributed by atoms with E-state index in [1.165, 1.54) is 24.0 Å². The van der Waals surface area contributed by atoms with E-state index >= 15 is 0 Å². The minimum Gasteiger partial charge on any atom is -0.508 e. The summed E-state index contributed by atoms with van der Waals surface area (Å²) in [5.74, 6) is 2.55. The first kappa shape index (κ1) is 24.5. The average molecular weight is 525 g/mol. The Morgan fingerprint density at radius 1 is 0.897 bits per heavy atom. The van der Waals surface area contributed by atoms with Gasteiger partial charge in [-0.05, 0) is 67.0 Å². The summed E-state index contributed by atoms with van der Waals surface area (Å²) >= 11 is 0. The highest BCUT2D eigenvalue weighted by Crippen LogP contribution is 2.56. The number of aromatic hydroxyl groups is 1. The molecule has 3 heterocycles. The molecule has 6 nitrogen and oxygen atoms in total. The van der Waals surface area contributed by atoms with Crippen LogP contribution in [0, 0.1) is 5.41 Å². The molecule has 6 heteroatoms. The molecule has 3 aliphatic heterocycles. The molecule has 0 aromatic heterocycles. The smallest absolute Gasteiger partial charge is 0.253 e. The van der Waals surface area contributed by atoms with Crippen molar-refractivity contribution in [2.75, 3.05) is 32.8 Å². The fraction of sp³-hybridized carbons (Fsp3) is 0.424. The molecule has 4 aliphatic rings. The van der Waals surface area contributed by atoms with Crippen molar-refractivity contribution in [3.05, 3.63) is 89.0 Å². The fourth-order valence-electron chi connectivity index (χ4n) is 6.86. The van der Waals surface area contributed by atoms with Gasteiger partial charge in [-0.15, -0.1) is 0 Å². The zero-order valence-corrected chi connectivity index (χ0v) is 22.4. The number of phenolic OH excluding ortho intramolecular Hbond substituents is 1. The van der Waals surface area contributed by atoms with Gasteiger partial charge in [0.25, 0.3) is 5.91 Å². The molecule has 39 heavy (non-hydrogen) atoms. The highest BCUT2D eigenvalue weighted by molar-refractivity contribution is 5.95. The number of ether oxygens (including phenoxy) is 2. The van der Waals surface area contributed by atoms with Gasteiger partial charge in [0.2, 0.25) is 0 Å². The Hall–Kier alpha value is -3.51. The van der Waals surface area contributed by atoms with Crippen LogP contribution >= 0.6 is 0 Å². The van der Waals surface area contributed by atoms with Gasteiger partial charge in [-0.1, -0.05) is 42.5 Å². The van der Waals surface area contributed by atoms with E-state index in [0.717, 1.165) is 62.7 Å². The number of likely N-dealkylation sites (tertiary alicyclic amines) is 2. The maximum Gasteiger partial charge on any atom is 0.253 e. The van der Waals surface area contributed by atoms with Crippen LogP contribution in [0.1, 0.15) is 71.1 Å². The molecule has 1 atom stereocenters. The van der Waals surface area contributed by atoms with Gasteiger partial charge < -0.3 is 19.5 Å². The number of fused-ring (bicyclic) bond motifs is 1. The second kappa shape index (κ2) is 9.91. The highest BCUT2D eigenvalue weighted by atomic mass is 16.5. The van der Waals surface area contributed by atoms with Crippen LogP contribution in [0.3, 0.4) is 0 Å². The summed E-state index contributed by atoms with van der Waals surface area (Å²) in [5, 5.41) is 10.4. The summed E-state index contributed by atoms with van der Waals surface area (Å²) in [7, 11) is 0. The number of hydrogen-bond donors (Lipinski definition) is 1. The van der Waals surface area contributed by atoms with Crippen LogP contribution in [0.2, 0.25) is 0 Å². The molecular weight excluding hydrogens is 488 g/mol. The lowest BCUT2D eigenvalue weighted by Gasteiger charge is -2.61. The molecule has 1 N–H and O–H groups in total. The third-order valence-electron chi connectivity index (χ3n) is 9.17. The van der Waals surface area contributed by atoms with Gasteiger partial charge in [0.1, 0.15) is 5.75 Å². The maximum atomic E-state index is 13.5. The molecule has 3 fully saturated rings. The molecule has 2 saturated heterocycles. The fourth-order valence-corrected chi connectivity index (χ4v) is 6.86. The van der Waals surface area contributed by atoms with Crippen LogP contribution in [-0.2, 0) is 6.54 Å². The Morgan fingerprint density at radius 2 is 1.62 bits per heavy atom. The number of rotatable bonds is 5. The number of amides is 1. The number of carbonyl (C=O) groups is 1. The molecule has 1 unspecified atom stereocenters. The number of piperidine rings is 1. The molecule has 7 rings (SSSR count). The number of carbonyl (C=O) groups excluding carboxylic acids is 1. The van der Waals surface area contributed by atoms with Gasteiger partial charge in [0.15, 0.2) is 11.5 Å². The first-order chi connectivity index (χ1) is 19.1. The molecule has 3 aromatic carbocycles. The normalized spacial score (nSPS) is 22.3. The van der Waals surface area contributed by atoms with E-state index in [1.54, 1.807) is 6.07 Å². The molecule has 3 aromatic rings. The van der Waals surface area contributed by atoms with E-state index in [2.05, 4.69) is 29.2 Å². The van der Waals surface area contributed by atoms with E-state index in [4.69, 9.17) is 9.47 Å². The Kier molecular flexibility index (Phi) is 6.23. The van der Waals surface area contributed by atoms with E-state index in [-0.39, 0.29) is 17.4 Å². The number of hydrogen-bond acceptors (Lipinski definition) is 5. The van der Waals surface area contributed by atoms with Gasteiger partial charge in [-0.3, -0.25) is 9.69 Å². The Labute approximate surface area is 230 Å². The van der Waals surface area contributed by atoms with Crippen molar-refractivity contribution in [1.82, 2.24) is 9.80 Å². The van der Waals surface area contributed by atoms with Crippen molar-refractivity contribution in [3.8, 4) is 17.2 Å². The number of para-hydroxylation sites is 1. The van der Waals surface area contributed by atoms with E-state index < -0.39 is 0 Å². The minimum absolute atomic E-state index is 0.0659. The predicted octanol–water partition coefficient (Wildman–Crippen LogP) is 5.91. The first-order valence-corrected chi connectivity index (χ1v) is 14.4. The van der Waals surface area contributed by atoms with Crippen LogP contribution in [0.25, 0.3) is 0 Å². The molecule has 0 radical (unpaired) electrons. The lowest BCUT2D eigenvalue weighted by molar-refractivity contribution is -0.113. The summed E-state index contributed by atoms with van der Waals surface area (Å²) in [5.41, 5.74) is 4.57. The van der Waals surface area contributed by atoms with Crippen LogP contribution in [0.4, 0.5) is 0 Å². The van der Waals surface area contributed by atoms with Gasteiger partial charge in [0.05, 0.1) is 13.2 Å². The number of phenols is 1. The average Bonchev–Trinajstić information content (AvgIpc) is 3.82. The van der Waals surface area contributed by atoms with Crippen molar-refractivity contribution >= 4 is 5.91 Å². The SMILES string of the molecule is O=C(c1ccc2c(c1)OCCCO2)N1CCC2(CC1)CN(Cc1ccccc1O)C2c1ccc(C2CC2)cc1. The molecule has 1 aliphatic carbocycles. The van der Waals surface area contributed by atoms with E-state index in [0.29, 0.717) is 30.3 Å². The predicted molar refractivity (Wildman–Crippen MR) is 149 cm³/mol. The monoisotopic (exact) mass is 524 g/mol. The van der Waals surface area contributed by atoms with Crippen molar-refractivity contribution in [3.63, 3.8) is 0 Å². The number of nitrogens with zero attached hydrogens (tertiary/aromatic N) is 2. The Morgan fingerprint density at radius 3 is 2.36 bits per heavy atom. The zero-order chi connectivity index (χ0) is 26.4. The van der Waals surface area contributed by atoms with Crippen molar-refractivity contribution in [1.29, 1.82) is 0 Å². The van der Waals surface area contributed by atoms with Crippen molar-refractivity contribution in [2.24, 2.45) is 5.41 Å². The minimum atomic E-state index is 0.0659. The summed E-state index contributed by atoms with van der Waals surface area (Å²) in [6.07, 6.45) is 5.39. The van der Waals surface area contributed by atoms with Crippen LogP contribution in [0.15, 0.2) is 66.7 Å². The molecule has 1 spiro atoms. The van der Waals surface area contributed by atoms with Gasteiger partial charge in [-0.25, -0.2) is 0 Å². The number of benzene rings is 3. The largest absolute Gasteiger partial charge is 0.508 e. The Bertz CT molecular complexity index is 1360. The highest BCUT2D eigenvalue weighted by Gasteiger charge is 2.54. The second-order valence-electron chi connectivity index (χ2n) is 11.7. The van der Waals surface area contributed by atoms with Gasteiger partial charge in [-0.2, -0.15) is 0 Å². The van der Waals surface area contributed by atoms with Crippen LogP contribution in [0.5, 0.6) is 17.2 Å². The summed E-state index contributed by atoms with van der Waals surface area (Å²) in [6, 6.07) is 22.8. The molecule has 1 amide bonds. The molecule has 0 bridgehead atoms. The van der Waals surface area contributed by atoms with Gasteiger partial charge >= 0.3 is 0 Å².